The molecule has 2 rings (SSSR count). The van der Waals surface area contributed by atoms with Gasteiger partial charge in [-0.15, -0.1) is 0 Å². The highest BCUT2D eigenvalue weighted by atomic mass is 79.9. The van der Waals surface area contributed by atoms with Gasteiger partial charge in [-0.2, -0.15) is 4.31 Å². The van der Waals surface area contributed by atoms with Crippen molar-refractivity contribution in [3.8, 4) is 0 Å². The summed E-state index contributed by atoms with van der Waals surface area (Å²) in [5.41, 5.74) is 1.44. The van der Waals surface area contributed by atoms with E-state index >= 15 is 0 Å². The lowest BCUT2D eigenvalue weighted by Gasteiger charge is -2.22. The smallest absolute Gasteiger partial charge is 0.243 e. The van der Waals surface area contributed by atoms with Crippen LogP contribution >= 0.6 is 15.9 Å². The van der Waals surface area contributed by atoms with Crippen LogP contribution in [-0.4, -0.2) is 50.1 Å². The molecule has 0 aliphatic heterocycles. The predicted molar refractivity (Wildman–Crippen MR) is 111 cm³/mol. The number of likely N-dealkylation sites (N-methyl/N-ethyl adjacent to an activating group) is 2. The van der Waals surface area contributed by atoms with E-state index in [-0.39, 0.29) is 23.3 Å². The van der Waals surface area contributed by atoms with Crippen LogP contribution in [0.2, 0.25) is 0 Å². The minimum absolute atomic E-state index is 0.0486. The van der Waals surface area contributed by atoms with Crippen molar-refractivity contribution in [2.75, 3.05) is 26.0 Å². The fourth-order valence-electron chi connectivity index (χ4n) is 2.44. The molecule has 0 saturated heterocycles. The Hall–Kier alpha value is -2.23. The maximum Gasteiger partial charge on any atom is 0.243 e. The van der Waals surface area contributed by atoms with E-state index in [9.17, 15) is 18.0 Å². The van der Waals surface area contributed by atoms with Crippen LogP contribution in [0, 0.1) is 0 Å². The van der Waals surface area contributed by atoms with Gasteiger partial charge in [-0.1, -0.05) is 28.1 Å². The molecular weight excluding hydrogens is 446 g/mol. The molecule has 0 aliphatic rings. The molecule has 9 heteroatoms. The lowest BCUT2D eigenvalue weighted by molar-refractivity contribution is -0.130. The molecule has 0 spiro atoms. The maximum atomic E-state index is 12.7. The van der Waals surface area contributed by atoms with E-state index in [1.165, 1.54) is 43.1 Å². The quantitative estimate of drug-likeness (QED) is 0.677. The van der Waals surface area contributed by atoms with Crippen molar-refractivity contribution >= 4 is 43.5 Å². The van der Waals surface area contributed by atoms with Crippen molar-refractivity contribution in [3.63, 3.8) is 0 Å². The molecule has 0 atom stereocenters. The zero-order chi connectivity index (χ0) is 20.9. The standard InChI is InChI=1S/C19H22BrN3O4S/c1-14(24)21-17-8-10-18(11-9-17)28(26,27)23(3)13-19(25)22(2)12-15-4-6-16(20)7-5-15/h4-11H,12-13H2,1-3H3,(H,21,24). The fourth-order valence-corrected chi connectivity index (χ4v) is 3.83. The van der Waals surface area contributed by atoms with Crippen molar-refractivity contribution in [1.29, 1.82) is 0 Å². The van der Waals surface area contributed by atoms with Gasteiger partial charge in [0.05, 0.1) is 11.4 Å². The van der Waals surface area contributed by atoms with E-state index in [1.807, 2.05) is 24.3 Å². The van der Waals surface area contributed by atoms with Gasteiger partial charge in [-0.05, 0) is 42.0 Å². The molecule has 150 valence electrons. The number of rotatable bonds is 7. The monoisotopic (exact) mass is 467 g/mol. The third kappa shape index (κ3) is 5.88. The summed E-state index contributed by atoms with van der Waals surface area (Å²) in [5.74, 6) is -0.559. The van der Waals surface area contributed by atoms with Crippen LogP contribution in [0.1, 0.15) is 12.5 Å². The van der Waals surface area contributed by atoms with Crippen LogP contribution in [0.3, 0.4) is 0 Å². The molecule has 0 aromatic heterocycles. The van der Waals surface area contributed by atoms with E-state index in [4.69, 9.17) is 0 Å². The SMILES string of the molecule is CC(=O)Nc1ccc(S(=O)(=O)N(C)CC(=O)N(C)Cc2ccc(Br)cc2)cc1. The van der Waals surface area contributed by atoms with E-state index in [0.717, 1.165) is 14.3 Å². The summed E-state index contributed by atoms with van der Waals surface area (Å²) in [7, 11) is -0.829. The first-order valence-corrected chi connectivity index (χ1v) is 10.7. The van der Waals surface area contributed by atoms with E-state index in [2.05, 4.69) is 21.2 Å². The minimum atomic E-state index is -3.82. The third-order valence-corrected chi connectivity index (χ3v) is 6.35. The molecule has 0 saturated carbocycles. The number of carbonyl (C=O) groups is 2. The van der Waals surface area contributed by atoms with Gasteiger partial charge in [0.25, 0.3) is 0 Å². The topological polar surface area (TPSA) is 86.8 Å². The van der Waals surface area contributed by atoms with E-state index in [0.29, 0.717) is 12.2 Å². The number of hydrogen-bond acceptors (Lipinski definition) is 4. The van der Waals surface area contributed by atoms with Crippen molar-refractivity contribution in [2.24, 2.45) is 0 Å². The van der Waals surface area contributed by atoms with Crippen LogP contribution in [0.4, 0.5) is 5.69 Å². The van der Waals surface area contributed by atoms with Crippen molar-refractivity contribution in [1.82, 2.24) is 9.21 Å². The first kappa shape index (κ1) is 22.1. The lowest BCUT2D eigenvalue weighted by Crippen LogP contribution is -2.39. The average molecular weight is 468 g/mol. The Morgan fingerprint density at radius 3 is 2.11 bits per heavy atom. The fraction of sp³-hybridized carbons (Fsp3) is 0.263. The van der Waals surface area contributed by atoms with Gasteiger partial charge in [0.15, 0.2) is 0 Å². The number of sulfonamides is 1. The molecule has 0 fully saturated rings. The Kier molecular flexibility index (Phi) is 7.34. The van der Waals surface area contributed by atoms with Gasteiger partial charge in [-0.25, -0.2) is 8.42 Å². The van der Waals surface area contributed by atoms with Gasteiger partial charge in [0.2, 0.25) is 21.8 Å². The molecule has 28 heavy (non-hydrogen) atoms. The predicted octanol–water partition coefficient (Wildman–Crippen LogP) is 2.69. The molecule has 0 heterocycles. The highest BCUT2D eigenvalue weighted by Gasteiger charge is 2.24. The highest BCUT2D eigenvalue weighted by Crippen LogP contribution is 2.18. The average Bonchev–Trinajstić information content (AvgIpc) is 2.63. The second-order valence-electron chi connectivity index (χ2n) is 6.34. The minimum Gasteiger partial charge on any atom is -0.340 e. The van der Waals surface area contributed by atoms with Crippen LogP contribution in [-0.2, 0) is 26.2 Å². The van der Waals surface area contributed by atoms with Crippen LogP contribution in [0.25, 0.3) is 0 Å². The molecule has 7 nitrogen and oxygen atoms in total. The molecular formula is C19H22BrN3O4S. The van der Waals surface area contributed by atoms with Crippen molar-refractivity contribution < 1.29 is 18.0 Å². The summed E-state index contributed by atoms with van der Waals surface area (Å²) >= 11 is 3.36. The maximum absolute atomic E-state index is 12.7. The molecule has 0 radical (unpaired) electrons. The Morgan fingerprint density at radius 1 is 1.00 bits per heavy atom. The second kappa shape index (κ2) is 9.31. The number of nitrogens with one attached hydrogen (secondary N) is 1. The van der Waals surface area contributed by atoms with Crippen LogP contribution in [0.5, 0.6) is 0 Å². The summed E-state index contributed by atoms with van der Waals surface area (Å²) in [4.78, 5) is 25.0. The molecule has 1 N–H and O–H groups in total. The number of nitrogens with zero attached hydrogens (tertiary/aromatic N) is 2. The van der Waals surface area contributed by atoms with Gasteiger partial charge in [-0.3, -0.25) is 9.59 Å². The second-order valence-corrected chi connectivity index (χ2v) is 9.30. The zero-order valence-corrected chi connectivity index (χ0v) is 18.2. The van der Waals surface area contributed by atoms with Gasteiger partial charge in [0.1, 0.15) is 0 Å². The number of anilines is 1. The van der Waals surface area contributed by atoms with E-state index in [1.54, 1.807) is 7.05 Å². The molecule has 2 aromatic carbocycles. The molecule has 0 bridgehead atoms. The summed E-state index contributed by atoms with van der Waals surface area (Å²) in [6.45, 7) is 1.48. The molecule has 0 unspecified atom stereocenters. The Morgan fingerprint density at radius 2 is 1.57 bits per heavy atom. The third-order valence-electron chi connectivity index (χ3n) is 4.00. The number of benzene rings is 2. The normalized spacial score (nSPS) is 11.3. The molecule has 2 aromatic rings. The number of amides is 2. The Bertz CT molecular complexity index is 944. The first-order chi connectivity index (χ1) is 13.1. The van der Waals surface area contributed by atoms with E-state index < -0.39 is 10.0 Å². The van der Waals surface area contributed by atoms with Gasteiger partial charge < -0.3 is 10.2 Å². The summed E-state index contributed by atoms with van der Waals surface area (Å²) in [6, 6.07) is 13.4. The van der Waals surface area contributed by atoms with Gasteiger partial charge >= 0.3 is 0 Å². The number of carbonyl (C=O) groups excluding carboxylic acids is 2. The molecule has 0 aliphatic carbocycles. The first-order valence-electron chi connectivity index (χ1n) is 8.42. The van der Waals surface area contributed by atoms with Crippen LogP contribution < -0.4 is 5.32 Å². The summed E-state index contributed by atoms with van der Waals surface area (Å²) in [5, 5.41) is 2.58. The zero-order valence-electron chi connectivity index (χ0n) is 15.8. The number of halogens is 1. The Labute approximate surface area is 173 Å². The largest absolute Gasteiger partial charge is 0.340 e. The molecule has 2 amide bonds. The van der Waals surface area contributed by atoms with Crippen LogP contribution in [0.15, 0.2) is 57.9 Å². The Balaban J connectivity index is 2.02. The van der Waals surface area contributed by atoms with Crippen molar-refractivity contribution in [3.05, 3.63) is 58.6 Å². The summed E-state index contributed by atoms with van der Waals surface area (Å²) in [6.07, 6.45) is 0. The number of hydrogen-bond donors (Lipinski definition) is 1. The summed E-state index contributed by atoms with van der Waals surface area (Å²) < 4.78 is 27.3. The van der Waals surface area contributed by atoms with Crippen molar-refractivity contribution in [2.45, 2.75) is 18.4 Å². The lowest BCUT2D eigenvalue weighted by atomic mass is 10.2. The highest BCUT2D eigenvalue weighted by molar-refractivity contribution is 9.10. The van der Waals surface area contributed by atoms with Gasteiger partial charge in [0, 0.05) is 37.7 Å².